The minimum atomic E-state index is 0.356. The van der Waals surface area contributed by atoms with E-state index in [0.29, 0.717) is 5.92 Å². The van der Waals surface area contributed by atoms with Crippen molar-refractivity contribution in [3.05, 3.63) is 35.4 Å². The molecule has 1 N–H and O–H groups in total. The second-order valence-electron chi connectivity index (χ2n) is 5.13. The van der Waals surface area contributed by atoms with Crippen LogP contribution < -0.4 is 0 Å². The molecule has 0 aromatic heterocycles. The molecule has 1 saturated heterocycles. The highest BCUT2D eigenvalue weighted by Gasteiger charge is 2.32. The second-order valence-corrected chi connectivity index (χ2v) is 5.13. The fourth-order valence-electron chi connectivity index (χ4n) is 2.77. The summed E-state index contributed by atoms with van der Waals surface area (Å²) in [6.45, 7) is 4.18. The Kier molecular flexibility index (Phi) is 2.63. The number of benzene rings is 1. The van der Waals surface area contributed by atoms with Crippen LogP contribution in [0, 0.1) is 5.41 Å². The number of piperazine rings is 1. The molecule has 0 saturated carbocycles. The van der Waals surface area contributed by atoms with Crippen molar-refractivity contribution in [2.24, 2.45) is 0 Å². The average molecular weight is 229 g/mol. The number of amidine groups is 1. The van der Waals surface area contributed by atoms with E-state index >= 15 is 0 Å². The molecule has 0 radical (unpaired) electrons. The maximum atomic E-state index is 8.34. The Morgan fingerprint density at radius 2 is 1.88 bits per heavy atom. The lowest BCUT2D eigenvalue weighted by Gasteiger charge is -2.40. The molecule has 1 aromatic carbocycles. The third kappa shape index (κ3) is 1.84. The zero-order valence-electron chi connectivity index (χ0n) is 10.3. The topological polar surface area (TPSA) is 30.3 Å². The standard InChI is InChI=1S/C14H19N3/c1-16-6-8-17(9-7-16)14(15)13-10-11-4-2-3-5-12(11)13/h2-5,13,15H,6-10H2,1H3. The van der Waals surface area contributed by atoms with Crippen molar-refractivity contribution in [1.82, 2.24) is 9.80 Å². The fraction of sp³-hybridized carbons (Fsp3) is 0.500. The molecule has 1 unspecified atom stereocenters. The van der Waals surface area contributed by atoms with Gasteiger partial charge in [-0.15, -0.1) is 0 Å². The first kappa shape index (κ1) is 10.8. The zero-order valence-corrected chi connectivity index (χ0v) is 10.3. The molecule has 17 heavy (non-hydrogen) atoms. The van der Waals surface area contributed by atoms with Crippen LogP contribution in [0.5, 0.6) is 0 Å². The lowest BCUT2D eigenvalue weighted by molar-refractivity contribution is 0.210. The summed E-state index contributed by atoms with van der Waals surface area (Å²) >= 11 is 0. The van der Waals surface area contributed by atoms with E-state index in [0.717, 1.165) is 38.4 Å². The van der Waals surface area contributed by atoms with Crippen LogP contribution in [0.4, 0.5) is 0 Å². The predicted octanol–water partition coefficient (Wildman–Crippen LogP) is 1.55. The van der Waals surface area contributed by atoms with E-state index in [4.69, 9.17) is 5.41 Å². The number of fused-ring (bicyclic) bond motifs is 1. The molecule has 0 amide bonds. The van der Waals surface area contributed by atoms with Gasteiger partial charge in [0, 0.05) is 32.1 Å². The molecule has 90 valence electrons. The quantitative estimate of drug-likeness (QED) is 0.585. The van der Waals surface area contributed by atoms with Gasteiger partial charge in [0.2, 0.25) is 0 Å². The van der Waals surface area contributed by atoms with Gasteiger partial charge in [-0.3, -0.25) is 5.41 Å². The molecule has 1 fully saturated rings. The third-order valence-electron chi connectivity index (χ3n) is 4.03. The van der Waals surface area contributed by atoms with Gasteiger partial charge >= 0.3 is 0 Å². The highest BCUT2D eigenvalue weighted by atomic mass is 15.3. The van der Waals surface area contributed by atoms with E-state index in [1.165, 1.54) is 11.1 Å². The lowest BCUT2D eigenvalue weighted by Crippen LogP contribution is -2.49. The van der Waals surface area contributed by atoms with E-state index in [-0.39, 0.29) is 0 Å². The Balaban J connectivity index is 1.69. The van der Waals surface area contributed by atoms with Crippen molar-refractivity contribution >= 4 is 5.84 Å². The summed E-state index contributed by atoms with van der Waals surface area (Å²) in [5, 5.41) is 8.34. The summed E-state index contributed by atoms with van der Waals surface area (Å²) in [6, 6.07) is 8.54. The van der Waals surface area contributed by atoms with Gasteiger partial charge in [0.1, 0.15) is 5.84 Å². The summed E-state index contributed by atoms with van der Waals surface area (Å²) in [5.41, 5.74) is 2.80. The van der Waals surface area contributed by atoms with Gasteiger partial charge < -0.3 is 9.80 Å². The highest BCUT2D eigenvalue weighted by molar-refractivity contribution is 5.89. The van der Waals surface area contributed by atoms with E-state index < -0.39 is 0 Å². The van der Waals surface area contributed by atoms with E-state index in [1.807, 2.05) is 0 Å². The van der Waals surface area contributed by atoms with Crippen LogP contribution in [0.2, 0.25) is 0 Å². The summed E-state index contributed by atoms with van der Waals surface area (Å²) in [4.78, 5) is 4.58. The average Bonchev–Trinajstić information content (AvgIpc) is 2.31. The number of likely N-dealkylation sites (N-methyl/N-ethyl adjacent to an activating group) is 1. The first-order valence-electron chi connectivity index (χ1n) is 6.35. The van der Waals surface area contributed by atoms with Crippen LogP contribution >= 0.6 is 0 Å². The van der Waals surface area contributed by atoms with E-state index in [9.17, 15) is 0 Å². The van der Waals surface area contributed by atoms with Crippen LogP contribution in [0.1, 0.15) is 17.0 Å². The van der Waals surface area contributed by atoms with Crippen LogP contribution in [-0.4, -0.2) is 48.9 Å². The van der Waals surface area contributed by atoms with Gasteiger partial charge in [-0.05, 0) is 24.6 Å². The second kappa shape index (κ2) is 4.15. The summed E-state index contributed by atoms with van der Waals surface area (Å²) in [7, 11) is 2.15. The van der Waals surface area contributed by atoms with Gasteiger partial charge in [-0.2, -0.15) is 0 Å². The monoisotopic (exact) mass is 229 g/mol. The minimum Gasteiger partial charge on any atom is -0.357 e. The Bertz CT molecular complexity index is 433. The van der Waals surface area contributed by atoms with Crippen molar-refractivity contribution in [2.45, 2.75) is 12.3 Å². The van der Waals surface area contributed by atoms with Gasteiger partial charge in [0.15, 0.2) is 0 Å². The van der Waals surface area contributed by atoms with Gasteiger partial charge in [0.05, 0.1) is 0 Å². The molecule has 0 bridgehead atoms. The number of nitrogens with one attached hydrogen (secondary N) is 1. The smallest absolute Gasteiger partial charge is 0.104 e. The van der Waals surface area contributed by atoms with Crippen molar-refractivity contribution in [3.8, 4) is 0 Å². The number of nitrogens with zero attached hydrogens (tertiary/aromatic N) is 2. The molecule has 1 heterocycles. The molecule has 2 aliphatic rings. The molecule has 3 rings (SSSR count). The largest absolute Gasteiger partial charge is 0.357 e. The van der Waals surface area contributed by atoms with Gasteiger partial charge in [-0.25, -0.2) is 0 Å². The maximum Gasteiger partial charge on any atom is 0.104 e. The van der Waals surface area contributed by atoms with Crippen LogP contribution in [0.3, 0.4) is 0 Å². The Labute approximate surface area is 103 Å². The summed E-state index contributed by atoms with van der Waals surface area (Å²) < 4.78 is 0. The minimum absolute atomic E-state index is 0.356. The van der Waals surface area contributed by atoms with E-state index in [2.05, 4.69) is 41.1 Å². The molecule has 3 heteroatoms. The highest BCUT2D eigenvalue weighted by Crippen LogP contribution is 2.36. The Hall–Kier alpha value is -1.35. The molecule has 1 aliphatic heterocycles. The fourth-order valence-corrected chi connectivity index (χ4v) is 2.77. The van der Waals surface area contributed by atoms with Gasteiger partial charge in [0.25, 0.3) is 0 Å². The summed E-state index contributed by atoms with van der Waals surface area (Å²) in [5.74, 6) is 1.19. The summed E-state index contributed by atoms with van der Waals surface area (Å²) in [6.07, 6.45) is 1.06. The Morgan fingerprint density at radius 3 is 2.59 bits per heavy atom. The zero-order chi connectivity index (χ0) is 11.8. The van der Waals surface area contributed by atoms with Crippen molar-refractivity contribution in [1.29, 1.82) is 5.41 Å². The van der Waals surface area contributed by atoms with Crippen LogP contribution in [0.25, 0.3) is 0 Å². The number of hydrogen-bond donors (Lipinski definition) is 1. The molecule has 1 aromatic rings. The first-order valence-corrected chi connectivity index (χ1v) is 6.35. The molecule has 3 nitrogen and oxygen atoms in total. The van der Waals surface area contributed by atoms with Crippen molar-refractivity contribution < 1.29 is 0 Å². The normalized spacial score (nSPS) is 24.1. The predicted molar refractivity (Wildman–Crippen MR) is 69.7 cm³/mol. The molecular weight excluding hydrogens is 210 g/mol. The Morgan fingerprint density at radius 1 is 1.18 bits per heavy atom. The van der Waals surface area contributed by atoms with Crippen molar-refractivity contribution in [3.63, 3.8) is 0 Å². The van der Waals surface area contributed by atoms with E-state index in [1.54, 1.807) is 0 Å². The van der Waals surface area contributed by atoms with Crippen LogP contribution in [-0.2, 0) is 6.42 Å². The SMILES string of the molecule is CN1CCN(C(=N)C2Cc3ccccc32)CC1. The third-order valence-corrected chi connectivity index (χ3v) is 4.03. The molecular formula is C14H19N3. The van der Waals surface area contributed by atoms with Crippen LogP contribution in [0.15, 0.2) is 24.3 Å². The number of hydrogen-bond acceptors (Lipinski definition) is 2. The molecule has 1 aliphatic carbocycles. The first-order chi connectivity index (χ1) is 8.25. The molecule has 0 spiro atoms. The van der Waals surface area contributed by atoms with Gasteiger partial charge in [-0.1, -0.05) is 24.3 Å². The maximum absolute atomic E-state index is 8.34. The molecule has 1 atom stereocenters. The van der Waals surface area contributed by atoms with Crippen molar-refractivity contribution in [2.75, 3.05) is 33.2 Å². The number of rotatable bonds is 1. The lowest BCUT2D eigenvalue weighted by atomic mass is 9.76.